The van der Waals surface area contributed by atoms with E-state index >= 15 is 0 Å². The van der Waals surface area contributed by atoms with Crippen molar-refractivity contribution in [3.05, 3.63) is 105 Å². The number of carbonyl (C=O) groups is 1. The van der Waals surface area contributed by atoms with Gasteiger partial charge < -0.3 is 11.1 Å². The van der Waals surface area contributed by atoms with Gasteiger partial charge in [0.25, 0.3) is 5.56 Å². The number of H-pyrrole nitrogens is 1. The first-order valence-electron chi connectivity index (χ1n) is 9.66. The quantitative estimate of drug-likeness (QED) is 0.459. The van der Waals surface area contributed by atoms with E-state index < -0.39 is 5.92 Å². The molecule has 30 heavy (non-hydrogen) atoms. The van der Waals surface area contributed by atoms with Crippen LogP contribution in [-0.2, 0) is 0 Å². The van der Waals surface area contributed by atoms with Gasteiger partial charge in [-0.3, -0.25) is 14.6 Å². The van der Waals surface area contributed by atoms with Gasteiger partial charge >= 0.3 is 0 Å². The Morgan fingerprint density at radius 2 is 1.60 bits per heavy atom. The minimum Gasteiger partial charge on any atom is -0.369 e. The SMILES string of the molecule is Nc1nc2c(c(=O)[nH]1)C(c1cccc3ccccc13)C1=C(N2)c2ccccc2C1=O. The normalized spacial score (nSPS) is 16.8. The summed E-state index contributed by atoms with van der Waals surface area (Å²) in [5, 5.41) is 5.25. The van der Waals surface area contributed by atoms with E-state index in [1.165, 1.54) is 0 Å². The third-order valence-electron chi connectivity index (χ3n) is 5.88. The zero-order valence-electron chi connectivity index (χ0n) is 15.8. The monoisotopic (exact) mass is 392 g/mol. The van der Waals surface area contributed by atoms with Gasteiger partial charge in [0.2, 0.25) is 5.95 Å². The molecule has 6 heteroatoms. The Balaban J connectivity index is 1.72. The summed E-state index contributed by atoms with van der Waals surface area (Å²) in [6.07, 6.45) is 0. The number of allylic oxidation sites excluding steroid dienone is 1. The topological polar surface area (TPSA) is 101 Å². The molecule has 1 aliphatic carbocycles. The minimum absolute atomic E-state index is 0.0320. The number of nitrogens with two attached hydrogens (primary N) is 1. The highest BCUT2D eigenvalue weighted by Gasteiger charge is 2.42. The fourth-order valence-corrected chi connectivity index (χ4v) is 4.65. The van der Waals surface area contributed by atoms with Crippen LogP contribution in [-0.4, -0.2) is 15.8 Å². The number of ketones is 1. The highest BCUT2D eigenvalue weighted by molar-refractivity contribution is 6.24. The summed E-state index contributed by atoms with van der Waals surface area (Å²) in [4.78, 5) is 33.5. The van der Waals surface area contributed by atoms with E-state index in [0.717, 1.165) is 21.9 Å². The second-order valence-electron chi connectivity index (χ2n) is 7.50. The van der Waals surface area contributed by atoms with Crippen LogP contribution in [0.1, 0.15) is 33.0 Å². The number of anilines is 2. The average molecular weight is 392 g/mol. The van der Waals surface area contributed by atoms with Gasteiger partial charge in [-0.1, -0.05) is 66.7 Å². The lowest BCUT2D eigenvalue weighted by atomic mass is 9.80. The van der Waals surface area contributed by atoms with E-state index in [1.54, 1.807) is 0 Å². The number of aromatic amines is 1. The molecule has 0 radical (unpaired) electrons. The Bertz CT molecular complexity index is 1480. The number of nitrogens with one attached hydrogen (secondary N) is 2. The van der Waals surface area contributed by atoms with Crippen LogP contribution < -0.4 is 16.6 Å². The molecule has 2 aliphatic rings. The van der Waals surface area contributed by atoms with Gasteiger partial charge in [-0.25, -0.2) is 0 Å². The van der Waals surface area contributed by atoms with Crippen molar-refractivity contribution < 1.29 is 4.79 Å². The van der Waals surface area contributed by atoms with Crippen molar-refractivity contribution in [3.8, 4) is 0 Å². The number of carbonyl (C=O) groups excluding carboxylic acids is 1. The molecule has 0 spiro atoms. The largest absolute Gasteiger partial charge is 0.369 e. The Morgan fingerprint density at radius 1 is 0.867 bits per heavy atom. The van der Waals surface area contributed by atoms with Crippen LogP contribution in [0.4, 0.5) is 11.8 Å². The number of fused-ring (bicyclic) bond motifs is 4. The van der Waals surface area contributed by atoms with Crippen LogP contribution in [0, 0.1) is 0 Å². The number of nitrogens with zero attached hydrogens (tertiary/aromatic N) is 1. The molecule has 1 aliphatic heterocycles. The molecule has 1 atom stereocenters. The summed E-state index contributed by atoms with van der Waals surface area (Å²) in [7, 11) is 0. The van der Waals surface area contributed by atoms with Gasteiger partial charge in [0.15, 0.2) is 5.78 Å². The van der Waals surface area contributed by atoms with Gasteiger partial charge in [0.1, 0.15) is 5.82 Å². The second-order valence-corrected chi connectivity index (χ2v) is 7.50. The lowest BCUT2D eigenvalue weighted by Crippen LogP contribution is -2.28. The number of benzene rings is 3. The van der Waals surface area contributed by atoms with Crippen LogP contribution in [0.15, 0.2) is 77.1 Å². The van der Waals surface area contributed by atoms with Crippen molar-refractivity contribution in [1.82, 2.24) is 9.97 Å². The first-order valence-corrected chi connectivity index (χ1v) is 9.66. The fourth-order valence-electron chi connectivity index (χ4n) is 4.65. The lowest BCUT2D eigenvalue weighted by Gasteiger charge is -2.28. The Labute approximate surface area is 171 Å². The summed E-state index contributed by atoms with van der Waals surface area (Å²) in [6, 6.07) is 21.4. The Kier molecular flexibility index (Phi) is 3.29. The molecule has 4 N–H and O–H groups in total. The van der Waals surface area contributed by atoms with Gasteiger partial charge in [-0.2, -0.15) is 4.98 Å². The fraction of sp³-hybridized carbons (Fsp3) is 0.0417. The number of nitrogen functional groups attached to an aromatic ring is 1. The van der Waals surface area contributed by atoms with Gasteiger partial charge in [0.05, 0.1) is 11.3 Å². The minimum atomic E-state index is -0.556. The summed E-state index contributed by atoms with van der Waals surface area (Å²) in [5.41, 5.74) is 9.47. The summed E-state index contributed by atoms with van der Waals surface area (Å²) < 4.78 is 0. The number of hydrogen-bond acceptors (Lipinski definition) is 5. The van der Waals surface area contributed by atoms with Crippen LogP contribution in [0.3, 0.4) is 0 Å². The molecule has 2 heterocycles. The van der Waals surface area contributed by atoms with E-state index in [9.17, 15) is 9.59 Å². The van der Waals surface area contributed by atoms with Gasteiger partial charge in [0, 0.05) is 22.6 Å². The first-order chi connectivity index (χ1) is 14.6. The van der Waals surface area contributed by atoms with Gasteiger partial charge in [-0.15, -0.1) is 0 Å². The standard InChI is InChI=1S/C24H16N4O2/c25-24-27-22-19(23(30)28-24)17(14-11-5-7-12-6-1-2-8-13(12)14)18-20(26-22)15-9-3-4-10-16(15)21(18)29/h1-11,17H,(H4,25,26,27,28,30). The lowest BCUT2D eigenvalue weighted by molar-refractivity contribution is 0.103. The molecule has 0 saturated carbocycles. The van der Waals surface area contributed by atoms with Crippen LogP contribution in [0.25, 0.3) is 16.5 Å². The molecule has 4 aromatic rings. The summed E-state index contributed by atoms with van der Waals surface area (Å²) in [6.45, 7) is 0. The van der Waals surface area contributed by atoms with E-state index in [0.29, 0.717) is 28.2 Å². The van der Waals surface area contributed by atoms with E-state index in [4.69, 9.17) is 5.73 Å². The Morgan fingerprint density at radius 3 is 2.47 bits per heavy atom. The second kappa shape index (κ2) is 5.90. The van der Waals surface area contributed by atoms with E-state index in [2.05, 4.69) is 15.3 Å². The molecule has 3 aromatic carbocycles. The summed E-state index contributed by atoms with van der Waals surface area (Å²) >= 11 is 0. The smallest absolute Gasteiger partial charge is 0.258 e. The molecule has 0 amide bonds. The predicted molar refractivity (Wildman–Crippen MR) is 116 cm³/mol. The maximum absolute atomic E-state index is 13.5. The van der Waals surface area contributed by atoms with Gasteiger partial charge in [-0.05, 0) is 16.3 Å². The molecular weight excluding hydrogens is 376 g/mol. The van der Waals surface area contributed by atoms with Crippen LogP contribution in [0.5, 0.6) is 0 Å². The average Bonchev–Trinajstić information content (AvgIpc) is 3.04. The van der Waals surface area contributed by atoms with Crippen molar-refractivity contribution in [2.75, 3.05) is 11.1 Å². The zero-order chi connectivity index (χ0) is 20.4. The van der Waals surface area contributed by atoms with Crippen LogP contribution >= 0.6 is 0 Å². The maximum Gasteiger partial charge on any atom is 0.258 e. The number of aromatic nitrogens is 2. The van der Waals surface area contributed by atoms with E-state index in [-0.39, 0.29) is 17.3 Å². The highest BCUT2D eigenvalue weighted by atomic mass is 16.1. The Hall–Kier alpha value is -4.19. The van der Waals surface area contributed by atoms with Crippen molar-refractivity contribution in [2.45, 2.75) is 5.92 Å². The third-order valence-corrected chi connectivity index (χ3v) is 5.88. The first kappa shape index (κ1) is 16.7. The third kappa shape index (κ3) is 2.16. The molecule has 1 aromatic heterocycles. The van der Waals surface area contributed by atoms with Crippen molar-refractivity contribution in [3.63, 3.8) is 0 Å². The van der Waals surface area contributed by atoms with E-state index in [1.807, 2.05) is 66.7 Å². The molecule has 0 fully saturated rings. The zero-order valence-corrected chi connectivity index (χ0v) is 15.8. The number of rotatable bonds is 1. The molecule has 6 nitrogen and oxygen atoms in total. The molecule has 0 bridgehead atoms. The molecular formula is C24H16N4O2. The molecule has 144 valence electrons. The van der Waals surface area contributed by atoms with Crippen molar-refractivity contribution in [2.24, 2.45) is 0 Å². The summed E-state index contributed by atoms with van der Waals surface area (Å²) in [5.74, 6) is -0.214. The van der Waals surface area contributed by atoms with Crippen molar-refractivity contribution in [1.29, 1.82) is 0 Å². The maximum atomic E-state index is 13.5. The molecule has 0 saturated heterocycles. The molecule has 6 rings (SSSR count). The highest BCUT2D eigenvalue weighted by Crippen LogP contribution is 2.48. The van der Waals surface area contributed by atoms with Crippen molar-refractivity contribution >= 4 is 34.0 Å². The molecule has 1 unspecified atom stereocenters. The predicted octanol–water partition coefficient (Wildman–Crippen LogP) is 3.67. The van der Waals surface area contributed by atoms with Crippen LogP contribution in [0.2, 0.25) is 0 Å². The number of Topliss-reactive ketones (excluding diaryl/α,β-unsaturated/α-hetero) is 1. The number of hydrogen-bond donors (Lipinski definition) is 3.